The topological polar surface area (TPSA) is 12.0 Å². The largest absolute Gasteiger partial charge is 0.446 e. The van der Waals surface area contributed by atoms with E-state index in [9.17, 15) is 17.6 Å². The van der Waals surface area contributed by atoms with Gasteiger partial charge in [-0.2, -0.15) is 13.2 Å². The predicted octanol–water partition coefficient (Wildman–Crippen LogP) is 4.78. The van der Waals surface area contributed by atoms with Crippen LogP contribution < -0.4 is 5.32 Å². The van der Waals surface area contributed by atoms with Gasteiger partial charge in [0, 0.05) is 11.9 Å². The van der Waals surface area contributed by atoms with Gasteiger partial charge in [-0.3, -0.25) is 0 Å². The SMILES string of the molecule is CNc1c(F)cc(C(C)(C)C)cc1SC(F)(F)F. The normalized spacial score (nSPS) is 12.7. The molecule has 0 unspecified atom stereocenters. The molecule has 0 saturated heterocycles. The van der Waals surface area contributed by atoms with Crippen molar-refractivity contribution in [3.63, 3.8) is 0 Å². The van der Waals surface area contributed by atoms with Gasteiger partial charge in [-0.05, 0) is 34.9 Å². The molecule has 0 fully saturated rings. The molecule has 0 saturated carbocycles. The molecule has 1 nitrogen and oxygen atoms in total. The fraction of sp³-hybridized carbons (Fsp3) is 0.500. The molecule has 1 aromatic rings. The molecule has 18 heavy (non-hydrogen) atoms. The highest BCUT2D eigenvalue weighted by atomic mass is 32.2. The molecular weight excluding hydrogens is 266 g/mol. The van der Waals surface area contributed by atoms with Crippen LogP contribution in [0.3, 0.4) is 0 Å². The van der Waals surface area contributed by atoms with E-state index in [4.69, 9.17) is 0 Å². The van der Waals surface area contributed by atoms with E-state index in [1.165, 1.54) is 19.2 Å². The van der Waals surface area contributed by atoms with E-state index >= 15 is 0 Å². The lowest BCUT2D eigenvalue weighted by atomic mass is 9.87. The maximum Gasteiger partial charge on any atom is 0.446 e. The second-order valence-electron chi connectivity index (χ2n) is 4.88. The number of benzene rings is 1. The molecule has 0 heterocycles. The summed E-state index contributed by atoms with van der Waals surface area (Å²) in [5.41, 5.74) is -4.43. The molecule has 0 aromatic heterocycles. The molecule has 0 aliphatic rings. The standard InChI is InChI=1S/C12H15F4NS/c1-11(2,3)7-5-8(13)10(17-4)9(6-7)18-12(14,15)16/h5-6,17H,1-4H3. The van der Waals surface area contributed by atoms with Gasteiger partial charge in [0.25, 0.3) is 0 Å². The van der Waals surface area contributed by atoms with E-state index in [-0.39, 0.29) is 22.3 Å². The predicted molar refractivity (Wildman–Crippen MR) is 66.6 cm³/mol. The number of hydrogen-bond acceptors (Lipinski definition) is 2. The summed E-state index contributed by atoms with van der Waals surface area (Å²) in [5.74, 6) is -0.670. The van der Waals surface area contributed by atoms with Crippen molar-refractivity contribution in [1.29, 1.82) is 0 Å². The summed E-state index contributed by atoms with van der Waals surface area (Å²) < 4.78 is 51.1. The van der Waals surface area contributed by atoms with Gasteiger partial charge in [-0.25, -0.2) is 4.39 Å². The maximum atomic E-state index is 13.8. The maximum absolute atomic E-state index is 13.8. The van der Waals surface area contributed by atoms with Crippen LogP contribution in [-0.4, -0.2) is 12.6 Å². The minimum absolute atomic E-state index is 0.120. The monoisotopic (exact) mass is 281 g/mol. The van der Waals surface area contributed by atoms with Crippen LogP contribution in [0, 0.1) is 5.82 Å². The molecule has 6 heteroatoms. The summed E-state index contributed by atoms with van der Waals surface area (Å²) in [7, 11) is 1.40. The number of rotatable bonds is 2. The van der Waals surface area contributed by atoms with Crippen LogP contribution >= 0.6 is 11.8 Å². The quantitative estimate of drug-likeness (QED) is 0.618. The Hall–Kier alpha value is -0.910. The zero-order valence-corrected chi connectivity index (χ0v) is 11.4. The lowest BCUT2D eigenvalue weighted by molar-refractivity contribution is -0.0328. The molecular formula is C12H15F4NS. The summed E-state index contributed by atoms with van der Waals surface area (Å²) in [6.07, 6.45) is 0. The first-order valence-corrected chi connectivity index (χ1v) is 6.14. The number of alkyl halides is 3. The van der Waals surface area contributed by atoms with Crippen LogP contribution in [-0.2, 0) is 5.41 Å². The third-order valence-electron chi connectivity index (χ3n) is 2.40. The van der Waals surface area contributed by atoms with Crippen LogP contribution in [0.25, 0.3) is 0 Å². The minimum atomic E-state index is -4.44. The van der Waals surface area contributed by atoms with Crippen LogP contribution in [0.15, 0.2) is 17.0 Å². The minimum Gasteiger partial charge on any atom is -0.385 e. The first kappa shape index (κ1) is 15.1. The lowest BCUT2D eigenvalue weighted by Crippen LogP contribution is -2.13. The number of halogens is 4. The van der Waals surface area contributed by atoms with Crippen molar-refractivity contribution in [1.82, 2.24) is 0 Å². The van der Waals surface area contributed by atoms with Gasteiger partial charge in [0.15, 0.2) is 0 Å². The van der Waals surface area contributed by atoms with Gasteiger partial charge in [0.05, 0.1) is 5.69 Å². The number of hydrogen-bond donors (Lipinski definition) is 1. The first-order valence-electron chi connectivity index (χ1n) is 5.32. The zero-order valence-electron chi connectivity index (χ0n) is 10.6. The van der Waals surface area contributed by atoms with Crippen molar-refractivity contribution < 1.29 is 17.6 Å². The van der Waals surface area contributed by atoms with Crippen molar-refractivity contribution in [2.45, 2.75) is 36.6 Å². The van der Waals surface area contributed by atoms with Gasteiger partial charge < -0.3 is 5.32 Å². The Morgan fingerprint density at radius 2 is 1.67 bits per heavy atom. The van der Waals surface area contributed by atoms with Crippen LogP contribution in [0.4, 0.5) is 23.2 Å². The third-order valence-corrected chi connectivity index (χ3v) is 3.17. The van der Waals surface area contributed by atoms with Gasteiger partial charge in [-0.1, -0.05) is 20.8 Å². The van der Waals surface area contributed by atoms with Crippen molar-refractivity contribution in [3.05, 3.63) is 23.5 Å². The average Bonchev–Trinajstić information content (AvgIpc) is 2.13. The Balaban J connectivity index is 3.33. The highest BCUT2D eigenvalue weighted by molar-refractivity contribution is 8.00. The van der Waals surface area contributed by atoms with E-state index in [0.29, 0.717) is 5.56 Å². The molecule has 0 amide bonds. The highest BCUT2D eigenvalue weighted by Gasteiger charge is 2.32. The molecule has 0 bridgehead atoms. The number of nitrogens with one attached hydrogen (secondary N) is 1. The van der Waals surface area contributed by atoms with E-state index in [1.54, 1.807) is 0 Å². The average molecular weight is 281 g/mol. The van der Waals surface area contributed by atoms with Crippen LogP contribution in [0.5, 0.6) is 0 Å². The number of anilines is 1. The van der Waals surface area contributed by atoms with Gasteiger partial charge in [-0.15, -0.1) is 0 Å². The van der Waals surface area contributed by atoms with E-state index in [0.717, 1.165) is 0 Å². The molecule has 1 aromatic carbocycles. The van der Waals surface area contributed by atoms with E-state index in [1.807, 2.05) is 20.8 Å². The van der Waals surface area contributed by atoms with Crippen molar-refractivity contribution in [2.75, 3.05) is 12.4 Å². The molecule has 1 rings (SSSR count). The van der Waals surface area contributed by atoms with Crippen LogP contribution in [0.1, 0.15) is 26.3 Å². The lowest BCUT2D eigenvalue weighted by Gasteiger charge is -2.22. The summed E-state index contributed by atoms with van der Waals surface area (Å²) >= 11 is -0.306. The highest BCUT2D eigenvalue weighted by Crippen LogP contribution is 2.43. The Bertz CT molecular complexity index is 435. The summed E-state index contributed by atoms with van der Waals surface area (Å²) in [6.45, 7) is 5.47. The Morgan fingerprint density at radius 1 is 1.11 bits per heavy atom. The summed E-state index contributed by atoms with van der Waals surface area (Å²) in [5, 5.41) is 2.47. The molecule has 0 aliphatic carbocycles. The molecule has 1 N–H and O–H groups in total. The Morgan fingerprint density at radius 3 is 2.06 bits per heavy atom. The fourth-order valence-corrected chi connectivity index (χ4v) is 2.20. The second-order valence-corrected chi connectivity index (χ2v) is 5.99. The van der Waals surface area contributed by atoms with Crippen molar-refractivity contribution in [2.24, 2.45) is 0 Å². The smallest absolute Gasteiger partial charge is 0.385 e. The number of thioether (sulfide) groups is 1. The molecule has 0 aliphatic heterocycles. The van der Waals surface area contributed by atoms with Gasteiger partial charge in [0.2, 0.25) is 0 Å². The molecule has 0 radical (unpaired) electrons. The zero-order chi connectivity index (χ0) is 14.1. The van der Waals surface area contributed by atoms with E-state index in [2.05, 4.69) is 5.32 Å². The Labute approximate surface area is 108 Å². The van der Waals surface area contributed by atoms with Crippen LogP contribution in [0.2, 0.25) is 0 Å². The summed E-state index contributed by atoms with van der Waals surface area (Å²) in [4.78, 5) is -0.144. The first-order chi connectivity index (χ1) is 8.04. The molecule has 0 spiro atoms. The fourth-order valence-electron chi connectivity index (χ4n) is 1.46. The van der Waals surface area contributed by atoms with Gasteiger partial charge >= 0.3 is 5.51 Å². The Kier molecular flexibility index (Phi) is 4.20. The van der Waals surface area contributed by atoms with Gasteiger partial charge in [0.1, 0.15) is 5.82 Å². The summed E-state index contributed by atoms with van der Waals surface area (Å²) in [6, 6.07) is 2.65. The second kappa shape index (κ2) is 4.99. The van der Waals surface area contributed by atoms with Crippen molar-refractivity contribution >= 4 is 17.4 Å². The molecule has 102 valence electrons. The third kappa shape index (κ3) is 3.80. The van der Waals surface area contributed by atoms with Crippen molar-refractivity contribution in [3.8, 4) is 0 Å². The molecule has 0 atom stereocenters. The van der Waals surface area contributed by atoms with E-state index < -0.39 is 16.7 Å².